The first-order chi connectivity index (χ1) is 7.86. The van der Waals surface area contributed by atoms with Crippen molar-refractivity contribution in [2.24, 2.45) is 0 Å². The van der Waals surface area contributed by atoms with E-state index in [0.29, 0.717) is 0 Å². The predicted octanol–water partition coefficient (Wildman–Crippen LogP) is 2.67. The second kappa shape index (κ2) is 3.38. The summed E-state index contributed by atoms with van der Waals surface area (Å²) in [5, 5.41) is 1.56. The number of para-hydroxylation sites is 2. The molecule has 0 saturated carbocycles. The molecule has 3 heteroatoms. The zero-order chi connectivity index (χ0) is 11.0. The number of anilines is 2. The monoisotopic (exact) mass is 210 g/mol. The van der Waals surface area contributed by atoms with Gasteiger partial charge < -0.3 is 0 Å². The minimum atomic E-state index is 0.0134. The Hall–Kier alpha value is -2.29. The van der Waals surface area contributed by atoms with Gasteiger partial charge in [0.05, 0.1) is 16.9 Å². The highest BCUT2D eigenvalue weighted by molar-refractivity contribution is 6.20. The zero-order valence-electron chi connectivity index (χ0n) is 8.55. The fourth-order valence-electron chi connectivity index (χ4n) is 1.78. The van der Waals surface area contributed by atoms with Gasteiger partial charge in [-0.1, -0.05) is 30.3 Å². The molecule has 1 aliphatic heterocycles. The maximum atomic E-state index is 11.7. The molecule has 0 unspecified atom stereocenters. The summed E-state index contributed by atoms with van der Waals surface area (Å²) in [6.45, 7) is 0. The maximum Gasteiger partial charge on any atom is 0.279 e. The van der Waals surface area contributed by atoms with Gasteiger partial charge in [0.25, 0.3) is 5.91 Å². The highest BCUT2D eigenvalue weighted by atomic mass is 16.2. The Morgan fingerprint density at radius 1 is 0.875 bits per heavy atom. The van der Waals surface area contributed by atoms with E-state index >= 15 is 0 Å². The summed E-state index contributed by atoms with van der Waals surface area (Å²) in [5.41, 5.74) is 5.67. The lowest BCUT2D eigenvalue weighted by atomic mass is 10.1. The topological polar surface area (TPSA) is 32.3 Å². The van der Waals surface area contributed by atoms with Crippen LogP contribution in [0.5, 0.6) is 0 Å². The summed E-state index contributed by atoms with van der Waals surface area (Å²) < 4.78 is 0. The van der Waals surface area contributed by atoms with Crippen LogP contribution in [0.3, 0.4) is 0 Å². The summed E-state index contributed by atoms with van der Waals surface area (Å²) in [6, 6.07) is 17.2. The Morgan fingerprint density at radius 2 is 1.56 bits per heavy atom. The second-order valence-corrected chi connectivity index (χ2v) is 3.64. The van der Waals surface area contributed by atoms with Gasteiger partial charge in [-0.2, -0.15) is 0 Å². The molecule has 0 radical (unpaired) electrons. The second-order valence-electron chi connectivity index (χ2n) is 3.64. The number of amides is 1. The molecule has 0 fully saturated rings. The van der Waals surface area contributed by atoms with Gasteiger partial charge in [-0.15, -0.1) is 0 Å². The van der Waals surface area contributed by atoms with Crippen molar-refractivity contribution in [1.82, 2.24) is 0 Å². The lowest BCUT2D eigenvalue weighted by Gasteiger charge is -2.33. The van der Waals surface area contributed by atoms with Crippen LogP contribution in [-0.2, 0) is 0 Å². The van der Waals surface area contributed by atoms with Crippen LogP contribution in [0.1, 0.15) is 10.4 Å². The number of benzene rings is 2. The van der Waals surface area contributed by atoms with Crippen LogP contribution in [0.15, 0.2) is 54.6 Å². The van der Waals surface area contributed by atoms with Crippen LogP contribution in [0.4, 0.5) is 11.4 Å². The summed E-state index contributed by atoms with van der Waals surface area (Å²) >= 11 is 0. The van der Waals surface area contributed by atoms with E-state index in [2.05, 4.69) is 5.43 Å². The summed E-state index contributed by atoms with van der Waals surface area (Å²) in [6.07, 6.45) is 0. The number of hydrazine groups is 1. The van der Waals surface area contributed by atoms with Gasteiger partial charge >= 0.3 is 0 Å². The first-order valence-corrected chi connectivity index (χ1v) is 5.11. The van der Waals surface area contributed by atoms with Crippen molar-refractivity contribution in [3.63, 3.8) is 0 Å². The molecule has 16 heavy (non-hydrogen) atoms. The van der Waals surface area contributed by atoms with Crippen molar-refractivity contribution in [2.45, 2.75) is 0 Å². The van der Waals surface area contributed by atoms with Crippen LogP contribution >= 0.6 is 0 Å². The summed E-state index contributed by atoms with van der Waals surface area (Å²) in [5.74, 6) is 0.0134. The largest absolute Gasteiger partial charge is 0.291 e. The molecule has 0 saturated heterocycles. The number of carbonyl (C=O) groups is 1. The number of fused-ring (bicyclic) bond motifs is 1. The zero-order valence-corrected chi connectivity index (χ0v) is 8.55. The molecule has 2 aromatic rings. The number of hydrogen-bond donors (Lipinski definition) is 1. The van der Waals surface area contributed by atoms with Crippen molar-refractivity contribution in [2.75, 3.05) is 10.4 Å². The minimum absolute atomic E-state index is 0.0134. The Balaban J connectivity index is 1.88. The van der Waals surface area contributed by atoms with E-state index < -0.39 is 0 Å². The molecule has 0 spiro atoms. The Morgan fingerprint density at radius 3 is 2.38 bits per heavy atom. The van der Waals surface area contributed by atoms with Crippen LogP contribution < -0.4 is 10.4 Å². The number of nitrogens with zero attached hydrogens (tertiary/aromatic N) is 1. The molecular formula is C13H10N2O. The van der Waals surface area contributed by atoms with Crippen molar-refractivity contribution >= 4 is 17.3 Å². The molecule has 1 N–H and O–H groups in total. The molecule has 3 rings (SSSR count). The van der Waals surface area contributed by atoms with Crippen molar-refractivity contribution < 1.29 is 4.79 Å². The lowest BCUT2D eigenvalue weighted by Crippen LogP contribution is -2.44. The van der Waals surface area contributed by atoms with Gasteiger partial charge in [-0.3, -0.25) is 10.2 Å². The molecule has 0 aromatic heterocycles. The Kier molecular flexibility index (Phi) is 1.90. The molecule has 0 aliphatic carbocycles. The average molecular weight is 210 g/mol. The van der Waals surface area contributed by atoms with Gasteiger partial charge in [0.2, 0.25) is 0 Å². The molecule has 78 valence electrons. The van der Waals surface area contributed by atoms with Gasteiger partial charge in [0, 0.05) is 0 Å². The van der Waals surface area contributed by atoms with E-state index in [0.717, 1.165) is 16.9 Å². The Bertz CT molecular complexity index is 537. The van der Waals surface area contributed by atoms with Crippen molar-refractivity contribution in [1.29, 1.82) is 0 Å². The number of rotatable bonds is 2. The third kappa shape index (κ3) is 1.26. The van der Waals surface area contributed by atoms with Gasteiger partial charge in [0.1, 0.15) is 0 Å². The maximum absolute atomic E-state index is 11.7. The first kappa shape index (κ1) is 8.97. The molecule has 0 bridgehead atoms. The highest BCUT2D eigenvalue weighted by Gasteiger charge is 2.32. The van der Waals surface area contributed by atoms with Gasteiger partial charge in [-0.25, -0.2) is 5.01 Å². The molecule has 3 nitrogen and oxygen atoms in total. The lowest BCUT2D eigenvalue weighted by molar-refractivity contribution is 0.0973. The SMILES string of the molecule is O=C1c2ccccc2N1Nc1ccccc1. The van der Waals surface area contributed by atoms with Crippen LogP contribution in [0.25, 0.3) is 0 Å². The molecule has 1 heterocycles. The number of nitrogens with one attached hydrogen (secondary N) is 1. The molecule has 1 amide bonds. The first-order valence-electron chi connectivity index (χ1n) is 5.11. The number of carbonyl (C=O) groups excluding carboxylic acids is 1. The predicted molar refractivity (Wildman–Crippen MR) is 63.3 cm³/mol. The normalized spacial score (nSPS) is 13.0. The quantitative estimate of drug-likeness (QED) is 0.826. The van der Waals surface area contributed by atoms with E-state index in [4.69, 9.17) is 0 Å². The third-order valence-electron chi connectivity index (χ3n) is 2.59. The average Bonchev–Trinajstić information content (AvgIpc) is 2.37. The van der Waals surface area contributed by atoms with Crippen LogP contribution in [-0.4, -0.2) is 5.91 Å². The standard InChI is InChI=1S/C13H10N2O/c16-13-11-8-4-5-9-12(11)15(13)14-10-6-2-1-3-7-10/h1-9,14H. The van der Waals surface area contributed by atoms with Crippen LogP contribution in [0, 0.1) is 0 Å². The number of hydrogen-bond acceptors (Lipinski definition) is 2. The molecular weight excluding hydrogens is 200 g/mol. The van der Waals surface area contributed by atoms with E-state index in [-0.39, 0.29) is 5.91 Å². The fraction of sp³-hybridized carbons (Fsp3) is 0. The van der Waals surface area contributed by atoms with Crippen LogP contribution in [0.2, 0.25) is 0 Å². The van der Waals surface area contributed by atoms with E-state index in [1.807, 2.05) is 54.6 Å². The fourth-order valence-corrected chi connectivity index (χ4v) is 1.78. The summed E-state index contributed by atoms with van der Waals surface area (Å²) in [4.78, 5) is 11.7. The van der Waals surface area contributed by atoms with E-state index in [1.165, 1.54) is 0 Å². The molecule has 0 atom stereocenters. The Labute approximate surface area is 93.3 Å². The van der Waals surface area contributed by atoms with Crippen molar-refractivity contribution in [3.05, 3.63) is 60.2 Å². The summed E-state index contributed by atoms with van der Waals surface area (Å²) in [7, 11) is 0. The highest BCUT2D eigenvalue weighted by Crippen LogP contribution is 2.32. The minimum Gasteiger partial charge on any atom is -0.291 e. The van der Waals surface area contributed by atoms with E-state index in [1.54, 1.807) is 5.01 Å². The smallest absolute Gasteiger partial charge is 0.279 e. The molecule has 1 aliphatic rings. The van der Waals surface area contributed by atoms with E-state index in [9.17, 15) is 4.79 Å². The van der Waals surface area contributed by atoms with Gasteiger partial charge in [0.15, 0.2) is 0 Å². The molecule has 2 aromatic carbocycles. The van der Waals surface area contributed by atoms with Gasteiger partial charge in [-0.05, 0) is 24.3 Å². The third-order valence-corrected chi connectivity index (χ3v) is 2.59. The van der Waals surface area contributed by atoms with Crippen molar-refractivity contribution in [3.8, 4) is 0 Å².